The van der Waals surface area contributed by atoms with E-state index in [1.54, 1.807) is 32.0 Å². The van der Waals surface area contributed by atoms with E-state index in [0.29, 0.717) is 11.3 Å². The Kier molecular flexibility index (Phi) is 7.64. The molecule has 0 saturated heterocycles. The van der Waals surface area contributed by atoms with Gasteiger partial charge < -0.3 is 14.8 Å². The van der Waals surface area contributed by atoms with Crippen molar-refractivity contribution in [1.82, 2.24) is 5.32 Å². The van der Waals surface area contributed by atoms with Crippen LogP contribution < -0.4 is 10.1 Å². The number of amides is 1. The number of rotatable bonds is 7. The molecule has 0 radical (unpaired) electrons. The molecule has 0 aliphatic rings. The Morgan fingerprint density at radius 2 is 1.72 bits per heavy atom. The molecular weight excluding hydrogens is 387 g/mol. The average Bonchev–Trinajstić information content (AvgIpc) is 2.68. The van der Waals surface area contributed by atoms with Crippen molar-refractivity contribution in [1.29, 1.82) is 0 Å². The van der Waals surface area contributed by atoms with Gasteiger partial charge in [-0.3, -0.25) is 4.79 Å². The summed E-state index contributed by atoms with van der Waals surface area (Å²) in [6.07, 6.45) is -5.01. The molecule has 0 spiro atoms. The number of alkyl carbamates (subject to hydrolysis) is 1. The number of hydrogen-bond donors (Lipinski definition) is 1. The van der Waals surface area contributed by atoms with Crippen LogP contribution in [0.5, 0.6) is 5.75 Å². The van der Waals surface area contributed by atoms with Gasteiger partial charge in [0, 0.05) is 19.4 Å². The first-order valence-corrected chi connectivity index (χ1v) is 9.07. The number of nitrogens with one attached hydrogen (secondary N) is 1. The van der Waals surface area contributed by atoms with Gasteiger partial charge in [0.25, 0.3) is 0 Å². The quantitative estimate of drug-likeness (QED) is 0.527. The summed E-state index contributed by atoms with van der Waals surface area (Å²) in [6.45, 7) is 3.38. The first-order valence-electron chi connectivity index (χ1n) is 9.07. The molecule has 1 N–H and O–H groups in total. The zero-order chi connectivity index (χ0) is 21.4. The maximum atomic E-state index is 13.0. The molecule has 2 aromatic rings. The van der Waals surface area contributed by atoms with E-state index in [9.17, 15) is 22.8 Å². The summed E-state index contributed by atoms with van der Waals surface area (Å²) in [7, 11) is 0. The van der Waals surface area contributed by atoms with Crippen LogP contribution in [-0.2, 0) is 28.7 Å². The number of ether oxygens (including phenoxy) is 2. The van der Waals surface area contributed by atoms with Crippen LogP contribution in [0.3, 0.4) is 0 Å². The molecule has 0 fully saturated rings. The Morgan fingerprint density at radius 3 is 2.41 bits per heavy atom. The second-order valence-electron chi connectivity index (χ2n) is 6.26. The highest BCUT2D eigenvalue weighted by molar-refractivity contribution is 5.72. The number of carbonyl (C=O) groups is 2. The molecule has 29 heavy (non-hydrogen) atoms. The number of alkyl halides is 3. The first-order chi connectivity index (χ1) is 13.7. The Labute approximate surface area is 166 Å². The molecule has 0 bridgehead atoms. The Morgan fingerprint density at radius 1 is 1.03 bits per heavy atom. The minimum absolute atomic E-state index is 0.0510. The number of halogens is 3. The zero-order valence-corrected chi connectivity index (χ0v) is 16.1. The molecule has 8 heteroatoms. The smallest absolute Gasteiger partial charge is 0.416 e. The molecule has 2 rings (SSSR count). The highest BCUT2D eigenvalue weighted by Gasteiger charge is 2.32. The number of esters is 1. The van der Waals surface area contributed by atoms with E-state index in [4.69, 9.17) is 9.47 Å². The van der Waals surface area contributed by atoms with Crippen molar-refractivity contribution in [2.45, 2.75) is 39.4 Å². The lowest BCUT2D eigenvalue weighted by Gasteiger charge is -2.14. The van der Waals surface area contributed by atoms with Crippen molar-refractivity contribution < 1.29 is 32.2 Å². The van der Waals surface area contributed by atoms with Crippen LogP contribution in [0.2, 0.25) is 0 Å². The normalized spacial score (nSPS) is 11.1. The molecule has 1 amide bonds. The molecule has 156 valence electrons. The van der Waals surface area contributed by atoms with Crippen LogP contribution in [0.1, 0.15) is 35.6 Å². The van der Waals surface area contributed by atoms with Crippen LogP contribution in [0.25, 0.3) is 0 Å². The van der Waals surface area contributed by atoms with Gasteiger partial charge in [-0.1, -0.05) is 37.3 Å². The Bertz CT molecular complexity index is 865. The summed E-state index contributed by atoms with van der Waals surface area (Å²) in [6, 6.07) is 10.3. The SMILES string of the molecule is CCC(=O)Oc1cccc(CNC(=O)OCCc2ccccc2C(F)(F)F)c1C. The van der Waals surface area contributed by atoms with Gasteiger partial charge in [0.2, 0.25) is 0 Å². The van der Waals surface area contributed by atoms with Gasteiger partial charge in [-0.2, -0.15) is 13.2 Å². The van der Waals surface area contributed by atoms with Crippen molar-refractivity contribution in [3.63, 3.8) is 0 Å². The lowest BCUT2D eigenvalue weighted by atomic mass is 10.0. The maximum absolute atomic E-state index is 13.0. The summed E-state index contributed by atoms with van der Waals surface area (Å²) >= 11 is 0. The number of benzene rings is 2. The number of hydrogen-bond acceptors (Lipinski definition) is 4. The highest BCUT2D eigenvalue weighted by atomic mass is 19.4. The number of carbonyl (C=O) groups excluding carboxylic acids is 2. The molecule has 5 nitrogen and oxygen atoms in total. The standard InChI is InChI=1S/C21H22F3NO4/c1-3-19(26)29-18-10-6-8-16(14(18)2)13-25-20(27)28-12-11-15-7-4-5-9-17(15)21(22,23)24/h4-10H,3,11-13H2,1-2H3,(H,25,27). The van der Waals surface area contributed by atoms with Crippen LogP contribution in [0.4, 0.5) is 18.0 Å². The van der Waals surface area contributed by atoms with Crippen molar-refractivity contribution in [3.8, 4) is 5.75 Å². The molecule has 0 aliphatic carbocycles. The molecular formula is C21H22F3NO4. The summed E-state index contributed by atoms with van der Waals surface area (Å²) in [4.78, 5) is 23.3. The van der Waals surface area contributed by atoms with Gasteiger partial charge in [-0.05, 0) is 35.7 Å². The van der Waals surface area contributed by atoms with Crippen LogP contribution >= 0.6 is 0 Å². The average molecular weight is 409 g/mol. The van der Waals surface area contributed by atoms with Gasteiger partial charge >= 0.3 is 18.2 Å². The summed E-state index contributed by atoms with van der Waals surface area (Å²) in [5.74, 6) is 0.0463. The van der Waals surface area contributed by atoms with Gasteiger partial charge in [0.05, 0.1) is 12.2 Å². The second-order valence-corrected chi connectivity index (χ2v) is 6.26. The fourth-order valence-electron chi connectivity index (χ4n) is 2.64. The predicted octanol–water partition coefficient (Wildman–Crippen LogP) is 4.80. The minimum Gasteiger partial charge on any atom is -0.449 e. The largest absolute Gasteiger partial charge is 0.449 e. The van der Waals surface area contributed by atoms with E-state index in [-0.39, 0.29) is 37.5 Å². The summed E-state index contributed by atoms with van der Waals surface area (Å²) in [5.41, 5.74) is 0.756. The zero-order valence-electron chi connectivity index (χ0n) is 16.1. The fraction of sp³-hybridized carbons (Fsp3) is 0.333. The molecule has 0 saturated carbocycles. The monoisotopic (exact) mass is 409 g/mol. The maximum Gasteiger partial charge on any atom is 0.416 e. The van der Waals surface area contributed by atoms with Gasteiger partial charge in [-0.25, -0.2) is 4.79 Å². The van der Waals surface area contributed by atoms with E-state index in [2.05, 4.69) is 5.32 Å². The third-order valence-corrected chi connectivity index (χ3v) is 4.26. The van der Waals surface area contributed by atoms with Gasteiger partial charge in [0.15, 0.2) is 0 Å². The van der Waals surface area contributed by atoms with Crippen molar-refractivity contribution in [2.75, 3.05) is 6.61 Å². The molecule has 0 atom stereocenters. The second kappa shape index (κ2) is 9.95. The van der Waals surface area contributed by atoms with E-state index >= 15 is 0 Å². The van der Waals surface area contributed by atoms with Gasteiger partial charge in [0.1, 0.15) is 5.75 Å². The first kappa shape index (κ1) is 22.3. The molecule has 0 aromatic heterocycles. The van der Waals surface area contributed by atoms with Gasteiger partial charge in [-0.15, -0.1) is 0 Å². The molecule has 0 unspecified atom stereocenters. The van der Waals surface area contributed by atoms with Crippen LogP contribution in [0, 0.1) is 6.92 Å². The van der Waals surface area contributed by atoms with E-state index in [1.165, 1.54) is 18.2 Å². The van der Waals surface area contributed by atoms with E-state index in [0.717, 1.165) is 11.6 Å². The molecule has 2 aromatic carbocycles. The topological polar surface area (TPSA) is 64.6 Å². The van der Waals surface area contributed by atoms with E-state index in [1.807, 2.05) is 0 Å². The summed E-state index contributed by atoms with van der Waals surface area (Å²) in [5, 5.41) is 2.54. The van der Waals surface area contributed by atoms with Crippen LogP contribution in [0.15, 0.2) is 42.5 Å². The third-order valence-electron chi connectivity index (χ3n) is 4.26. The molecule has 0 aliphatic heterocycles. The van der Waals surface area contributed by atoms with E-state index < -0.39 is 17.8 Å². The Hall–Kier alpha value is -3.03. The lowest BCUT2D eigenvalue weighted by Crippen LogP contribution is -2.25. The predicted molar refractivity (Wildman–Crippen MR) is 100 cm³/mol. The lowest BCUT2D eigenvalue weighted by molar-refractivity contribution is -0.138. The van der Waals surface area contributed by atoms with Crippen molar-refractivity contribution in [2.24, 2.45) is 0 Å². The fourth-order valence-corrected chi connectivity index (χ4v) is 2.64. The van der Waals surface area contributed by atoms with Crippen molar-refractivity contribution in [3.05, 3.63) is 64.7 Å². The Balaban J connectivity index is 1.87. The highest BCUT2D eigenvalue weighted by Crippen LogP contribution is 2.32. The molecule has 0 heterocycles. The van der Waals surface area contributed by atoms with Crippen LogP contribution in [-0.4, -0.2) is 18.7 Å². The minimum atomic E-state index is -4.46. The third kappa shape index (κ3) is 6.51. The van der Waals surface area contributed by atoms with Crippen molar-refractivity contribution >= 4 is 12.1 Å². The summed E-state index contributed by atoms with van der Waals surface area (Å²) < 4.78 is 49.1.